The summed E-state index contributed by atoms with van der Waals surface area (Å²) >= 11 is 0. The molecule has 2 aliphatic carbocycles. The third-order valence-corrected chi connectivity index (χ3v) is 7.30. The Balaban J connectivity index is 1.63. The van der Waals surface area contributed by atoms with Crippen molar-refractivity contribution >= 4 is 5.69 Å². The lowest BCUT2D eigenvalue weighted by atomic mass is 9.83. The molecule has 0 bridgehead atoms. The minimum Gasteiger partial charge on any atom is -0.371 e. The highest BCUT2D eigenvalue weighted by Crippen LogP contribution is 2.35. The van der Waals surface area contributed by atoms with Gasteiger partial charge in [0.25, 0.3) is 0 Å². The average molecular weight is 455 g/mol. The minimum absolute atomic E-state index is 0.173. The van der Waals surface area contributed by atoms with E-state index < -0.39 is 12.6 Å². The van der Waals surface area contributed by atoms with E-state index >= 15 is 0 Å². The van der Waals surface area contributed by atoms with Gasteiger partial charge in [0.15, 0.2) is 0 Å². The third-order valence-electron chi connectivity index (χ3n) is 7.30. The summed E-state index contributed by atoms with van der Waals surface area (Å²) in [5, 5.41) is 9.35. The molecule has 1 saturated carbocycles. The number of fused-ring (bicyclic) bond motifs is 1. The van der Waals surface area contributed by atoms with Crippen LogP contribution >= 0.6 is 0 Å². The number of hydrogen-bond acceptors (Lipinski definition) is 2. The molecule has 2 aliphatic rings. The number of hydrogen-bond donors (Lipinski definition) is 0. The Hall–Kier alpha value is -2.48. The molecule has 0 saturated heterocycles. The molecule has 0 aromatic heterocycles. The Morgan fingerprint density at radius 3 is 2.42 bits per heavy atom. The summed E-state index contributed by atoms with van der Waals surface area (Å²) in [4.78, 5) is 2.51. The van der Waals surface area contributed by atoms with E-state index in [1.807, 2.05) is 6.07 Å². The summed E-state index contributed by atoms with van der Waals surface area (Å²) in [6.07, 6.45) is 4.70. The molecule has 0 atom stereocenters. The lowest BCUT2D eigenvalue weighted by Gasteiger charge is -2.35. The Morgan fingerprint density at radius 1 is 1.00 bits per heavy atom. The molecule has 1 fully saturated rings. The van der Waals surface area contributed by atoms with Gasteiger partial charge in [-0.2, -0.15) is 18.4 Å². The van der Waals surface area contributed by atoms with Crippen LogP contribution in [0.3, 0.4) is 0 Å². The predicted molar refractivity (Wildman–Crippen MR) is 127 cm³/mol. The Bertz CT molecular complexity index is 1020. The molecule has 0 unspecified atom stereocenters. The summed E-state index contributed by atoms with van der Waals surface area (Å²) < 4.78 is 38.9. The van der Waals surface area contributed by atoms with E-state index in [1.165, 1.54) is 60.5 Å². The SMILES string of the molecule is CCN(CC1CCC1)c1ccc2c(c1CCc1cc(C#N)cc(CC(F)(F)F)c1)CCCC2. The fraction of sp³-hybridized carbons (Fsp3) is 0.536. The number of halogens is 3. The minimum atomic E-state index is -4.28. The lowest BCUT2D eigenvalue weighted by molar-refractivity contribution is -0.127. The second-order valence-corrected chi connectivity index (χ2v) is 9.69. The number of rotatable bonds is 8. The maximum absolute atomic E-state index is 13.0. The maximum Gasteiger partial charge on any atom is 0.393 e. The van der Waals surface area contributed by atoms with Gasteiger partial charge < -0.3 is 4.90 Å². The average Bonchev–Trinajstić information content (AvgIpc) is 2.75. The Labute approximate surface area is 195 Å². The van der Waals surface area contributed by atoms with Gasteiger partial charge in [-0.3, -0.25) is 0 Å². The van der Waals surface area contributed by atoms with Crippen molar-refractivity contribution < 1.29 is 13.2 Å². The number of aryl methyl sites for hydroxylation is 2. The topological polar surface area (TPSA) is 27.0 Å². The summed E-state index contributed by atoms with van der Waals surface area (Å²) in [7, 11) is 0. The molecule has 0 amide bonds. The van der Waals surface area contributed by atoms with E-state index in [0.29, 0.717) is 12.0 Å². The maximum atomic E-state index is 13.0. The van der Waals surface area contributed by atoms with Gasteiger partial charge in [0.05, 0.1) is 18.1 Å². The molecule has 0 radical (unpaired) electrons. The number of anilines is 1. The number of alkyl halides is 3. The van der Waals surface area contributed by atoms with Crippen molar-refractivity contribution in [1.82, 2.24) is 0 Å². The van der Waals surface area contributed by atoms with Crippen LogP contribution in [0.25, 0.3) is 0 Å². The quantitative estimate of drug-likeness (QED) is 0.431. The first-order chi connectivity index (χ1) is 15.9. The van der Waals surface area contributed by atoms with Crippen LogP contribution in [-0.4, -0.2) is 19.3 Å². The van der Waals surface area contributed by atoms with Gasteiger partial charge in [-0.05, 0) is 110 Å². The van der Waals surface area contributed by atoms with Gasteiger partial charge in [0, 0.05) is 18.8 Å². The second-order valence-electron chi connectivity index (χ2n) is 9.69. The van der Waals surface area contributed by atoms with Gasteiger partial charge in [-0.25, -0.2) is 0 Å². The normalized spacial score (nSPS) is 16.1. The second kappa shape index (κ2) is 10.2. The van der Waals surface area contributed by atoms with E-state index in [1.54, 1.807) is 12.1 Å². The molecule has 4 rings (SSSR count). The van der Waals surface area contributed by atoms with Crippen molar-refractivity contribution in [3.05, 3.63) is 63.7 Å². The van der Waals surface area contributed by atoms with Crippen molar-refractivity contribution in [2.24, 2.45) is 5.92 Å². The lowest BCUT2D eigenvalue weighted by Crippen LogP contribution is -2.33. The van der Waals surface area contributed by atoms with Crippen molar-refractivity contribution in [2.45, 2.75) is 77.3 Å². The Morgan fingerprint density at radius 2 is 1.76 bits per heavy atom. The monoisotopic (exact) mass is 454 g/mol. The first-order valence-electron chi connectivity index (χ1n) is 12.3. The Kier molecular flexibility index (Phi) is 7.32. The largest absolute Gasteiger partial charge is 0.393 e. The first kappa shape index (κ1) is 23.7. The van der Waals surface area contributed by atoms with Crippen LogP contribution < -0.4 is 4.90 Å². The summed E-state index contributed by atoms with van der Waals surface area (Å²) in [5.74, 6) is 0.770. The molecule has 2 aromatic carbocycles. The van der Waals surface area contributed by atoms with Crippen molar-refractivity contribution in [2.75, 3.05) is 18.0 Å². The first-order valence-corrected chi connectivity index (χ1v) is 12.3. The standard InChI is InChI=1S/C28H33F3N2/c1-2-33(19-20-6-5-7-20)27-13-11-24-8-3-4-9-25(24)26(27)12-10-21-14-22(17-28(29,30)31)16-23(15-21)18-32/h11,13-16,20H,2-10,12,17,19H2,1H3. The van der Waals surface area contributed by atoms with Gasteiger partial charge >= 0.3 is 6.18 Å². The van der Waals surface area contributed by atoms with Crippen molar-refractivity contribution in [3.8, 4) is 6.07 Å². The third kappa shape index (κ3) is 5.91. The van der Waals surface area contributed by atoms with E-state index in [9.17, 15) is 18.4 Å². The van der Waals surface area contributed by atoms with Gasteiger partial charge in [-0.1, -0.05) is 18.6 Å². The number of nitriles is 1. The predicted octanol–water partition coefficient (Wildman–Crippen LogP) is 6.95. The van der Waals surface area contributed by atoms with Crippen molar-refractivity contribution in [3.63, 3.8) is 0 Å². The highest BCUT2D eigenvalue weighted by atomic mass is 19.4. The molecule has 0 heterocycles. The fourth-order valence-electron chi connectivity index (χ4n) is 5.43. The molecular formula is C28H33F3N2. The summed E-state index contributed by atoms with van der Waals surface area (Å²) in [5.41, 5.74) is 6.86. The summed E-state index contributed by atoms with van der Waals surface area (Å²) in [6.45, 7) is 4.26. The van der Waals surface area contributed by atoms with E-state index in [4.69, 9.17) is 0 Å². The molecule has 5 heteroatoms. The van der Waals surface area contributed by atoms with Gasteiger partial charge in [0.2, 0.25) is 0 Å². The van der Waals surface area contributed by atoms with Crippen LogP contribution in [0.5, 0.6) is 0 Å². The molecule has 0 N–H and O–H groups in total. The van der Waals surface area contributed by atoms with Gasteiger partial charge in [0.1, 0.15) is 0 Å². The molecule has 2 aromatic rings. The molecule has 0 spiro atoms. The zero-order chi connectivity index (χ0) is 23.4. The van der Waals surface area contributed by atoms with Crippen LogP contribution in [0.1, 0.15) is 72.4 Å². The highest BCUT2D eigenvalue weighted by molar-refractivity contribution is 5.60. The molecule has 2 nitrogen and oxygen atoms in total. The number of nitrogens with zero attached hydrogens (tertiary/aromatic N) is 2. The van der Waals surface area contributed by atoms with E-state index in [0.717, 1.165) is 43.8 Å². The summed E-state index contributed by atoms with van der Waals surface area (Å²) in [6, 6.07) is 11.4. The molecule has 0 aliphatic heterocycles. The smallest absolute Gasteiger partial charge is 0.371 e. The van der Waals surface area contributed by atoms with Crippen LogP contribution in [0, 0.1) is 17.2 Å². The van der Waals surface area contributed by atoms with Crippen LogP contribution in [0.15, 0.2) is 30.3 Å². The molecular weight excluding hydrogens is 421 g/mol. The molecule has 33 heavy (non-hydrogen) atoms. The zero-order valence-electron chi connectivity index (χ0n) is 19.5. The van der Waals surface area contributed by atoms with E-state index in [2.05, 4.69) is 24.0 Å². The van der Waals surface area contributed by atoms with Crippen molar-refractivity contribution in [1.29, 1.82) is 5.26 Å². The zero-order valence-corrected chi connectivity index (χ0v) is 19.5. The molecule has 176 valence electrons. The van der Waals surface area contributed by atoms with Crippen LogP contribution in [0.4, 0.5) is 18.9 Å². The number of benzene rings is 2. The highest BCUT2D eigenvalue weighted by Gasteiger charge is 2.28. The van der Waals surface area contributed by atoms with E-state index in [-0.39, 0.29) is 5.56 Å². The van der Waals surface area contributed by atoms with Crippen LogP contribution in [0.2, 0.25) is 0 Å². The fourth-order valence-corrected chi connectivity index (χ4v) is 5.43. The van der Waals surface area contributed by atoms with Crippen LogP contribution in [-0.2, 0) is 32.1 Å². The van der Waals surface area contributed by atoms with Gasteiger partial charge in [-0.15, -0.1) is 0 Å².